The highest BCUT2D eigenvalue weighted by atomic mass is 32.2. The summed E-state index contributed by atoms with van der Waals surface area (Å²) in [4.78, 5) is 25.9. The minimum atomic E-state index is -0.472. The van der Waals surface area contributed by atoms with Crippen LogP contribution < -0.4 is 5.43 Å². The largest absolute Gasteiger partial charge is 0.272 e. The number of carbonyl (C=O) groups excluding carboxylic acids is 1. The van der Waals surface area contributed by atoms with Crippen molar-refractivity contribution in [2.45, 2.75) is 19.0 Å². The topological polar surface area (TPSA) is 126 Å². The summed E-state index contributed by atoms with van der Waals surface area (Å²) in [6, 6.07) is 5.93. The van der Waals surface area contributed by atoms with E-state index in [4.69, 9.17) is 0 Å². The molecule has 0 radical (unpaired) electrons. The SMILES string of the molecule is C/C(=N\NC(=O)CSc1n[nH]c(C)n1)c1ccc([N+](=O)[O-])cc1. The Bertz CT molecular complexity index is 740. The van der Waals surface area contributed by atoms with E-state index >= 15 is 0 Å². The second kappa shape index (κ2) is 7.49. The Morgan fingerprint density at radius 1 is 1.43 bits per heavy atom. The number of nitro benzene ring substituents is 1. The molecule has 2 N–H and O–H groups in total. The average Bonchev–Trinajstić information content (AvgIpc) is 2.96. The highest BCUT2D eigenvalue weighted by Gasteiger charge is 2.07. The van der Waals surface area contributed by atoms with Crippen molar-refractivity contribution in [3.63, 3.8) is 0 Å². The lowest BCUT2D eigenvalue weighted by Crippen LogP contribution is -2.21. The molecule has 0 fully saturated rings. The number of non-ortho nitro benzene ring substituents is 1. The maximum atomic E-state index is 11.7. The van der Waals surface area contributed by atoms with Crippen LogP contribution in [0.15, 0.2) is 34.5 Å². The van der Waals surface area contributed by atoms with Gasteiger partial charge in [0.2, 0.25) is 5.16 Å². The van der Waals surface area contributed by atoms with Crippen LogP contribution in [0.3, 0.4) is 0 Å². The Labute approximate surface area is 135 Å². The number of hydrazone groups is 1. The van der Waals surface area contributed by atoms with Gasteiger partial charge in [-0.05, 0) is 31.5 Å². The van der Waals surface area contributed by atoms with Gasteiger partial charge >= 0.3 is 0 Å². The highest BCUT2D eigenvalue weighted by molar-refractivity contribution is 7.99. The Kier molecular flexibility index (Phi) is 5.41. The molecule has 1 amide bonds. The van der Waals surface area contributed by atoms with E-state index in [9.17, 15) is 14.9 Å². The number of rotatable bonds is 6. The lowest BCUT2D eigenvalue weighted by molar-refractivity contribution is -0.384. The van der Waals surface area contributed by atoms with E-state index in [0.717, 1.165) is 0 Å². The third kappa shape index (κ3) is 4.88. The van der Waals surface area contributed by atoms with Crippen molar-refractivity contribution < 1.29 is 9.72 Å². The minimum Gasteiger partial charge on any atom is -0.272 e. The molecule has 9 nitrogen and oxygen atoms in total. The third-order valence-electron chi connectivity index (χ3n) is 2.75. The van der Waals surface area contributed by atoms with E-state index in [2.05, 4.69) is 25.7 Å². The molecule has 10 heteroatoms. The molecule has 0 aliphatic heterocycles. The normalized spacial score (nSPS) is 11.3. The summed E-state index contributed by atoms with van der Waals surface area (Å²) in [7, 11) is 0. The number of nitro groups is 1. The molecule has 0 bridgehead atoms. The van der Waals surface area contributed by atoms with E-state index in [-0.39, 0.29) is 17.3 Å². The Balaban J connectivity index is 1.88. The first kappa shape index (κ1) is 16.6. The summed E-state index contributed by atoms with van der Waals surface area (Å²) in [6.45, 7) is 3.47. The van der Waals surface area contributed by atoms with E-state index in [1.807, 2.05) is 0 Å². The van der Waals surface area contributed by atoms with E-state index in [1.54, 1.807) is 26.0 Å². The zero-order valence-corrected chi connectivity index (χ0v) is 13.3. The van der Waals surface area contributed by atoms with Crippen molar-refractivity contribution >= 4 is 29.1 Å². The molecule has 0 unspecified atom stereocenters. The molecule has 0 aliphatic rings. The summed E-state index contributed by atoms with van der Waals surface area (Å²) in [5.74, 6) is 0.521. The fourth-order valence-corrected chi connectivity index (χ4v) is 2.22. The maximum Gasteiger partial charge on any atom is 0.269 e. The summed E-state index contributed by atoms with van der Waals surface area (Å²) < 4.78 is 0. The molecule has 0 spiro atoms. The number of hydrogen-bond acceptors (Lipinski definition) is 7. The Hall–Kier alpha value is -2.75. The van der Waals surface area contributed by atoms with E-state index in [1.165, 1.54) is 23.9 Å². The van der Waals surface area contributed by atoms with Crippen LogP contribution in [0.25, 0.3) is 0 Å². The van der Waals surface area contributed by atoms with Crippen LogP contribution in [0, 0.1) is 17.0 Å². The number of benzene rings is 1. The number of carbonyl (C=O) groups is 1. The molecule has 0 aliphatic carbocycles. The number of hydrogen-bond donors (Lipinski definition) is 2. The number of aryl methyl sites for hydroxylation is 1. The van der Waals surface area contributed by atoms with Gasteiger partial charge in [0.05, 0.1) is 16.4 Å². The van der Waals surface area contributed by atoms with Gasteiger partial charge < -0.3 is 0 Å². The Morgan fingerprint density at radius 3 is 2.70 bits per heavy atom. The second-order valence-electron chi connectivity index (χ2n) is 4.53. The first-order valence-electron chi connectivity index (χ1n) is 6.55. The molecule has 2 rings (SSSR count). The molecular weight excluding hydrogens is 320 g/mol. The molecule has 0 atom stereocenters. The second-order valence-corrected chi connectivity index (χ2v) is 5.47. The first-order valence-corrected chi connectivity index (χ1v) is 7.54. The molecule has 1 heterocycles. The lowest BCUT2D eigenvalue weighted by Gasteiger charge is -2.02. The fourth-order valence-electron chi connectivity index (χ4n) is 1.58. The van der Waals surface area contributed by atoms with Crippen molar-refractivity contribution in [1.29, 1.82) is 0 Å². The number of aromatic nitrogens is 3. The van der Waals surface area contributed by atoms with Gasteiger partial charge in [0.15, 0.2) is 0 Å². The molecule has 120 valence electrons. The molecule has 0 saturated carbocycles. The van der Waals surface area contributed by atoms with E-state index in [0.29, 0.717) is 22.3 Å². The average molecular weight is 334 g/mol. The quantitative estimate of drug-likeness (QED) is 0.358. The van der Waals surface area contributed by atoms with Crippen LogP contribution in [0.5, 0.6) is 0 Å². The zero-order valence-electron chi connectivity index (χ0n) is 12.4. The third-order valence-corrected chi connectivity index (χ3v) is 3.60. The maximum absolute atomic E-state index is 11.7. The van der Waals surface area contributed by atoms with Gasteiger partial charge in [-0.15, -0.1) is 5.10 Å². The van der Waals surface area contributed by atoms with E-state index < -0.39 is 4.92 Å². The summed E-state index contributed by atoms with van der Waals surface area (Å²) >= 11 is 1.19. The van der Waals surface area contributed by atoms with Crippen molar-refractivity contribution in [1.82, 2.24) is 20.6 Å². The van der Waals surface area contributed by atoms with Gasteiger partial charge in [0.1, 0.15) is 5.82 Å². The highest BCUT2D eigenvalue weighted by Crippen LogP contribution is 2.13. The number of amides is 1. The van der Waals surface area contributed by atoms with Crippen molar-refractivity contribution in [3.05, 3.63) is 45.8 Å². The van der Waals surface area contributed by atoms with Gasteiger partial charge in [0, 0.05) is 12.1 Å². The van der Waals surface area contributed by atoms with Crippen molar-refractivity contribution in [3.8, 4) is 0 Å². The molecule has 1 aromatic heterocycles. The van der Waals surface area contributed by atoms with Gasteiger partial charge in [-0.1, -0.05) is 11.8 Å². The zero-order chi connectivity index (χ0) is 16.8. The van der Waals surface area contributed by atoms with Crippen LogP contribution in [-0.4, -0.2) is 37.5 Å². The van der Waals surface area contributed by atoms with Crippen molar-refractivity contribution in [2.75, 3.05) is 5.75 Å². The molecular formula is C13H14N6O3S. The van der Waals surface area contributed by atoms with Gasteiger partial charge in [-0.2, -0.15) is 5.10 Å². The molecule has 0 saturated heterocycles. The number of H-pyrrole nitrogens is 1. The van der Waals surface area contributed by atoms with Crippen molar-refractivity contribution in [2.24, 2.45) is 5.10 Å². The summed E-state index contributed by atoms with van der Waals surface area (Å²) in [5.41, 5.74) is 3.66. The smallest absolute Gasteiger partial charge is 0.269 e. The monoisotopic (exact) mass is 334 g/mol. The van der Waals surface area contributed by atoms with Gasteiger partial charge in [-0.3, -0.25) is 20.0 Å². The number of nitrogens with one attached hydrogen (secondary N) is 2. The van der Waals surface area contributed by atoms with Gasteiger partial charge in [0.25, 0.3) is 11.6 Å². The Morgan fingerprint density at radius 2 is 2.13 bits per heavy atom. The van der Waals surface area contributed by atoms with Crippen LogP contribution in [0.2, 0.25) is 0 Å². The standard InChI is InChI=1S/C13H14N6O3S/c1-8(10-3-5-11(6-4-10)19(21)22)15-17-12(20)7-23-13-14-9(2)16-18-13/h3-6H,7H2,1-2H3,(H,17,20)(H,14,16,18)/b15-8+. The molecule has 23 heavy (non-hydrogen) atoms. The lowest BCUT2D eigenvalue weighted by atomic mass is 10.1. The minimum absolute atomic E-state index is 0.00350. The molecule has 1 aromatic carbocycles. The number of thioether (sulfide) groups is 1. The van der Waals surface area contributed by atoms with Crippen LogP contribution in [0.1, 0.15) is 18.3 Å². The number of aromatic amines is 1. The summed E-state index contributed by atoms with van der Waals surface area (Å²) in [5, 5.41) is 21.7. The first-order chi connectivity index (χ1) is 11.0. The number of nitrogens with zero attached hydrogens (tertiary/aromatic N) is 4. The predicted molar refractivity (Wildman–Crippen MR) is 85.3 cm³/mol. The van der Waals surface area contributed by atoms with Crippen LogP contribution in [0.4, 0.5) is 5.69 Å². The van der Waals surface area contributed by atoms with Crippen LogP contribution >= 0.6 is 11.8 Å². The molecule has 2 aromatic rings. The predicted octanol–water partition coefficient (Wildman–Crippen LogP) is 1.65. The van der Waals surface area contributed by atoms with Crippen LogP contribution in [-0.2, 0) is 4.79 Å². The fraction of sp³-hybridized carbons (Fsp3) is 0.231. The summed E-state index contributed by atoms with van der Waals surface area (Å²) in [6.07, 6.45) is 0. The van der Waals surface area contributed by atoms with Gasteiger partial charge in [-0.25, -0.2) is 10.4 Å².